The molecular weight excluding hydrogens is 172 g/mol. The summed E-state index contributed by atoms with van der Waals surface area (Å²) in [6, 6.07) is 8.21. The summed E-state index contributed by atoms with van der Waals surface area (Å²) in [5.41, 5.74) is 3.63. The molecule has 0 unspecified atom stereocenters. The van der Waals surface area contributed by atoms with E-state index in [-0.39, 0.29) is 0 Å². The van der Waals surface area contributed by atoms with Crippen LogP contribution in [0.25, 0.3) is 0 Å². The largest absolute Gasteiger partial charge is 0.380 e. The van der Waals surface area contributed by atoms with Crippen molar-refractivity contribution in [2.75, 3.05) is 17.2 Å². The van der Waals surface area contributed by atoms with Gasteiger partial charge in [-0.05, 0) is 24.6 Å². The van der Waals surface area contributed by atoms with Crippen LogP contribution in [0.1, 0.15) is 20.8 Å². The molecular formula is C12H18N2. The van der Waals surface area contributed by atoms with E-state index >= 15 is 0 Å². The molecule has 1 aliphatic heterocycles. The van der Waals surface area contributed by atoms with Crippen molar-refractivity contribution in [1.82, 2.24) is 0 Å². The van der Waals surface area contributed by atoms with Crippen LogP contribution in [0.15, 0.2) is 36.0 Å². The van der Waals surface area contributed by atoms with Crippen molar-refractivity contribution >= 4 is 11.4 Å². The van der Waals surface area contributed by atoms with E-state index in [1.165, 1.54) is 11.3 Å². The van der Waals surface area contributed by atoms with Gasteiger partial charge >= 0.3 is 0 Å². The zero-order chi connectivity index (χ0) is 10.4. The van der Waals surface area contributed by atoms with Crippen molar-refractivity contribution in [2.24, 2.45) is 0 Å². The van der Waals surface area contributed by atoms with Gasteiger partial charge in [0.1, 0.15) is 0 Å². The zero-order valence-electron chi connectivity index (χ0n) is 9.09. The summed E-state index contributed by atoms with van der Waals surface area (Å²) >= 11 is 0. The Morgan fingerprint density at radius 1 is 1.07 bits per heavy atom. The summed E-state index contributed by atoms with van der Waals surface area (Å²) in [6.07, 6.45) is 2.04. The third kappa shape index (κ3) is 2.52. The van der Waals surface area contributed by atoms with Gasteiger partial charge in [0.25, 0.3) is 0 Å². The van der Waals surface area contributed by atoms with E-state index in [0.717, 1.165) is 12.2 Å². The van der Waals surface area contributed by atoms with Gasteiger partial charge in [0, 0.05) is 12.7 Å². The maximum atomic E-state index is 3.34. The number of hydrogen-bond donors (Lipinski definition) is 2. The number of benzene rings is 1. The molecule has 76 valence electrons. The molecule has 2 nitrogen and oxygen atoms in total. The molecule has 14 heavy (non-hydrogen) atoms. The lowest BCUT2D eigenvalue weighted by molar-refractivity contribution is 1.22. The molecule has 0 spiro atoms. The van der Waals surface area contributed by atoms with Gasteiger partial charge in [0.2, 0.25) is 0 Å². The number of para-hydroxylation sites is 2. The van der Waals surface area contributed by atoms with Crippen molar-refractivity contribution in [3.05, 3.63) is 36.0 Å². The Hall–Kier alpha value is -1.44. The van der Waals surface area contributed by atoms with Gasteiger partial charge < -0.3 is 10.6 Å². The molecule has 0 atom stereocenters. The van der Waals surface area contributed by atoms with Crippen molar-refractivity contribution in [2.45, 2.75) is 20.8 Å². The molecule has 1 heterocycles. The minimum atomic E-state index is 0.921. The van der Waals surface area contributed by atoms with E-state index in [4.69, 9.17) is 0 Å². The number of anilines is 2. The second-order valence-corrected chi connectivity index (χ2v) is 3.03. The third-order valence-corrected chi connectivity index (χ3v) is 1.96. The molecule has 0 radical (unpaired) electrons. The summed E-state index contributed by atoms with van der Waals surface area (Å²) in [5, 5.41) is 6.59. The van der Waals surface area contributed by atoms with E-state index < -0.39 is 0 Å². The van der Waals surface area contributed by atoms with Crippen LogP contribution in [0.3, 0.4) is 0 Å². The fourth-order valence-corrected chi connectivity index (χ4v) is 1.25. The fraction of sp³-hybridized carbons (Fsp3) is 0.333. The minimum Gasteiger partial charge on any atom is -0.380 e. The van der Waals surface area contributed by atoms with Crippen LogP contribution in [-0.4, -0.2) is 6.54 Å². The lowest BCUT2D eigenvalue weighted by atomic mass is 10.2. The molecule has 0 bridgehead atoms. The van der Waals surface area contributed by atoms with Crippen molar-refractivity contribution < 1.29 is 0 Å². The van der Waals surface area contributed by atoms with Crippen LogP contribution in [0.5, 0.6) is 0 Å². The first-order valence-corrected chi connectivity index (χ1v) is 5.11. The minimum absolute atomic E-state index is 0.921. The summed E-state index contributed by atoms with van der Waals surface area (Å²) in [6.45, 7) is 7.02. The predicted octanol–water partition coefficient (Wildman–Crippen LogP) is 3.45. The monoisotopic (exact) mass is 190 g/mol. The van der Waals surface area contributed by atoms with Crippen molar-refractivity contribution in [3.8, 4) is 0 Å². The molecule has 0 aromatic heterocycles. The molecule has 0 fully saturated rings. The molecule has 0 aliphatic carbocycles. The van der Waals surface area contributed by atoms with Crippen molar-refractivity contribution in [3.63, 3.8) is 0 Å². The van der Waals surface area contributed by atoms with Crippen LogP contribution < -0.4 is 10.6 Å². The Morgan fingerprint density at radius 2 is 1.71 bits per heavy atom. The summed E-state index contributed by atoms with van der Waals surface area (Å²) in [7, 11) is 0. The number of fused-ring (bicyclic) bond motifs is 1. The van der Waals surface area contributed by atoms with E-state index in [0.29, 0.717) is 0 Å². The molecule has 2 rings (SSSR count). The number of rotatable bonds is 0. The molecule has 1 aromatic rings. The lowest BCUT2D eigenvalue weighted by Crippen LogP contribution is -2.00. The number of nitrogens with one attached hydrogen (secondary N) is 2. The van der Waals surface area contributed by atoms with E-state index in [9.17, 15) is 0 Å². The summed E-state index contributed by atoms with van der Waals surface area (Å²) in [4.78, 5) is 0. The molecule has 0 saturated heterocycles. The Kier molecular flexibility index (Phi) is 4.05. The van der Waals surface area contributed by atoms with Crippen LogP contribution in [0.4, 0.5) is 11.4 Å². The van der Waals surface area contributed by atoms with Gasteiger partial charge in [-0.25, -0.2) is 0 Å². The van der Waals surface area contributed by atoms with Gasteiger partial charge in [0.05, 0.1) is 11.4 Å². The topological polar surface area (TPSA) is 24.1 Å². The lowest BCUT2D eigenvalue weighted by Gasteiger charge is -2.06. The highest BCUT2D eigenvalue weighted by molar-refractivity contribution is 5.71. The van der Waals surface area contributed by atoms with Gasteiger partial charge in [-0.2, -0.15) is 0 Å². The first-order chi connectivity index (χ1) is 6.86. The molecule has 2 N–H and O–H groups in total. The molecule has 1 aromatic carbocycles. The van der Waals surface area contributed by atoms with Crippen LogP contribution in [-0.2, 0) is 0 Å². The standard InChI is InChI=1S/C10H12N2.C2H6/c1-8-6-11-9-4-2-3-5-10(9)12-7-8;1-2/h2-6,11-12H,7H2,1H3;1-2H3. The first kappa shape index (κ1) is 10.6. The molecule has 0 saturated carbocycles. The highest BCUT2D eigenvalue weighted by Gasteiger charge is 2.02. The molecule has 2 heteroatoms. The third-order valence-electron chi connectivity index (χ3n) is 1.96. The smallest absolute Gasteiger partial charge is 0.0615 e. The van der Waals surface area contributed by atoms with Gasteiger partial charge in [-0.3, -0.25) is 0 Å². The Labute approximate surface area is 86.0 Å². The SMILES string of the molecule is CC.CC1=CNc2ccccc2NC1. The Morgan fingerprint density at radius 3 is 2.43 bits per heavy atom. The maximum absolute atomic E-state index is 3.34. The second kappa shape index (κ2) is 5.32. The van der Waals surface area contributed by atoms with E-state index in [2.05, 4.69) is 29.7 Å². The van der Waals surface area contributed by atoms with Crippen LogP contribution in [0, 0.1) is 0 Å². The zero-order valence-corrected chi connectivity index (χ0v) is 9.09. The quantitative estimate of drug-likeness (QED) is 0.654. The average molecular weight is 190 g/mol. The predicted molar refractivity (Wildman–Crippen MR) is 63.7 cm³/mol. The van der Waals surface area contributed by atoms with Crippen LogP contribution in [0.2, 0.25) is 0 Å². The average Bonchev–Trinajstić information content (AvgIpc) is 2.45. The number of hydrogen-bond acceptors (Lipinski definition) is 2. The Balaban J connectivity index is 0.000000461. The van der Waals surface area contributed by atoms with E-state index in [1.54, 1.807) is 0 Å². The van der Waals surface area contributed by atoms with Gasteiger partial charge in [-0.15, -0.1) is 0 Å². The van der Waals surface area contributed by atoms with Crippen molar-refractivity contribution in [1.29, 1.82) is 0 Å². The Bertz CT molecular complexity index is 316. The highest BCUT2D eigenvalue weighted by atomic mass is 15.0. The van der Waals surface area contributed by atoms with Crippen LogP contribution >= 0.6 is 0 Å². The van der Waals surface area contributed by atoms with Gasteiger partial charge in [-0.1, -0.05) is 26.0 Å². The fourth-order valence-electron chi connectivity index (χ4n) is 1.25. The summed E-state index contributed by atoms with van der Waals surface area (Å²) in [5.74, 6) is 0. The van der Waals surface area contributed by atoms with E-state index in [1.807, 2.05) is 32.2 Å². The summed E-state index contributed by atoms with van der Waals surface area (Å²) < 4.78 is 0. The second-order valence-electron chi connectivity index (χ2n) is 3.03. The highest BCUT2D eigenvalue weighted by Crippen LogP contribution is 2.23. The van der Waals surface area contributed by atoms with Gasteiger partial charge in [0.15, 0.2) is 0 Å². The normalized spacial score (nSPS) is 13.2. The molecule has 1 aliphatic rings. The first-order valence-electron chi connectivity index (χ1n) is 5.11. The maximum Gasteiger partial charge on any atom is 0.0615 e. The molecule has 0 amide bonds.